The van der Waals surface area contributed by atoms with E-state index in [-0.39, 0.29) is 4.90 Å². The predicted octanol–water partition coefficient (Wildman–Crippen LogP) is 5.04. The normalized spacial score (nSPS) is 11.6. The number of benzene rings is 3. The Kier molecular flexibility index (Phi) is 6.46. The number of anilines is 1. The molecule has 166 valence electrons. The monoisotopic (exact) mass is 449 g/mol. The van der Waals surface area contributed by atoms with Crippen LogP contribution in [0.1, 0.15) is 25.2 Å². The van der Waals surface area contributed by atoms with Gasteiger partial charge in [-0.25, -0.2) is 13.4 Å². The van der Waals surface area contributed by atoms with Crippen LogP contribution in [0.15, 0.2) is 77.7 Å². The van der Waals surface area contributed by atoms with Crippen molar-refractivity contribution >= 4 is 26.7 Å². The molecule has 0 fully saturated rings. The number of aromatic nitrogens is 2. The Labute approximate surface area is 188 Å². The molecule has 0 aliphatic carbocycles. The highest BCUT2D eigenvalue weighted by molar-refractivity contribution is 7.92. The SMILES string of the molecule is CCOc1ccc(S(=O)(=O)Nc2cccc(CCc3nc4ccccc4n3CC)c2)cc1. The van der Waals surface area contributed by atoms with Gasteiger partial charge in [-0.05, 0) is 74.4 Å². The third-order valence-corrected chi connectivity index (χ3v) is 6.71. The predicted molar refractivity (Wildman–Crippen MR) is 128 cm³/mol. The number of rotatable bonds is 9. The van der Waals surface area contributed by atoms with Crippen LogP contribution in [0.5, 0.6) is 5.75 Å². The molecule has 32 heavy (non-hydrogen) atoms. The highest BCUT2D eigenvalue weighted by Crippen LogP contribution is 2.22. The number of aryl methyl sites for hydroxylation is 3. The first kappa shape index (κ1) is 21.9. The minimum Gasteiger partial charge on any atom is -0.494 e. The molecule has 0 unspecified atom stereocenters. The molecule has 0 radical (unpaired) electrons. The van der Waals surface area contributed by atoms with Crippen LogP contribution in [0.25, 0.3) is 11.0 Å². The lowest BCUT2D eigenvalue weighted by molar-refractivity contribution is 0.340. The van der Waals surface area contributed by atoms with Crippen LogP contribution < -0.4 is 9.46 Å². The summed E-state index contributed by atoms with van der Waals surface area (Å²) in [4.78, 5) is 4.98. The molecule has 0 bridgehead atoms. The van der Waals surface area contributed by atoms with Crippen molar-refractivity contribution in [3.63, 3.8) is 0 Å². The first-order valence-electron chi connectivity index (χ1n) is 10.8. The molecular formula is C25H27N3O3S. The number of nitrogens with zero attached hydrogens (tertiary/aromatic N) is 2. The van der Waals surface area contributed by atoms with E-state index in [1.165, 1.54) is 0 Å². The Morgan fingerprint density at radius 3 is 2.47 bits per heavy atom. The van der Waals surface area contributed by atoms with Gasteiger partial charge in [0.1, 0.15) is 11.6 Å². The van der Waals surface area contributed by atoms with Gasteiger partial charge in [0.2, 0.25) is 0 Å². The van der Waals surface area contributed by atoms with Crippen LogP contribution >= 0.6 is 0 Å². The summed E-state index contributed by atoms with van der Waals surface area (Å²) in [5, 5.41) is 0. The minimum atomic E-state index is -3.68. The van der Waals surface area contributed by atoms with E-state index in [2.05, 4.69) is 22.3 Å². The van der Waals surface area contributed by atoms with Gasteiger partial charge in [-0.1, -0.05) is 24.3 Å². The summed E-state index contributed by atoms with van der Waals surface area (Å²) in [6.45, 7) is 5.40. The number of fused-ring (bicyclic) bond motifs is 1. The van der Waals surface area contributed by atoms with Gasteiger partial charge in [-0.2, -0.15) is 0 Å². The highest BCUT2D eigenvalue weighted by atomic mass is 32.2. The number of hydrogen-bond acceptors (Lipinski definition) is 4. The lowest BCUT2D eigenvalue weighted by atomic mass is 10.1. The summed E-state index contributed by atoms with van der Waals surface area (Å²) in [7, 11) is -3.68. The molecule has 0 saturated heterocycles. The summed E-state index contributed by atoms with van der Waals surface area (Å²) >= 11 is 0. The second-order valence-electron chi connectivity index (χ2n) is 7.47. The average molecular weight is 450 g/mol. The van der Waals surface area contributed by atoms with E-state index in [9.17, 15) is 8.42 Å². The molecule has 1 aromatic heterocycles. The summed E-state index contributed by atoms with van der Waals surface area (Å²) in [6.07, 6.45) is 1.54. The van der Waals surface area contributed by atoms with Crippen LogP contribution in [0.4, 0.5) is 5.69 Å². The van der Waals surface area contributed by atoms with Crippen molar-refractivity contribution in [2.24, 2.45) is 0 Å². The van der Waals surface area contributed by atoms with Crippen LogP contribution in [0, 0.1) is 0 Å². The molecular weight excluding hydrogens is 422 g/mol. The Balaban J connectivity index is 1.48. The van der Waals surface area contributed by atoms with E-state index in [4.69, 9.17) is 9.72 Å². The zero-order valence-corrected chi connectivity index (χ0v) is 19.1. The van der Waals surface area contributed by atoms with Crippen LogP contribution in [0.2, 0.25) is 0 Å². The fourth-order valence-electron chi connectivity index (χ4n) is 3.81. The van der Waals surface area contributed by atoms with Crippen molar-refractivity contribution in [3.8, 4) is 5.75 Å². The van der Waals surface area contributed by atoms with E-state index in [0.29, 0.717) is 18.0 Å². The molecule has 4 rings (SSSR count). The molecule has 0 saturated carbocycles. The van der Waals surface area contributed by atoms with E-state index in [0.717, 1.165) is 41.8 Å². The van der Waals surface area contributed by atoms with Gasteiger partial charge in [-0.15, -0.1) is 0 Å². The zero-order valence-electron chi connectivity index (χ0n) is 18.3. The van der Waals surface area contributed by atoms with E-state index >= 15 is 0 Å². The minimum absolute atomic E-state index is 0.197. The quantitative estimate of drug-likeness (QED) is 0.388. The molecule has 0 amide bonds. The number of para-hydroxylation sites is 2. The summed E-state index contributed by atoms with van der Waals surface area (Å²) in [6, 6.07) is 22.1. The molecule has 0 aliphatic heterocycles. The van der Waals surface area contributed by atoms with Crippen LogP contribution in [-0.2, 0) is 29.4 Å². The first-order valence-corrected chi connectivity index (χ1v) is 12.3. The maximum Gasteiger partial charge on any atom is 0.261 e. The topological polar surface area (TPSA) is 73.2 Å². The highest BCUT2D eigenvalue weighted by Gasteiger charge is 2.15. The Morgan fingerprint density at radius 2 is 1.72 bits per heavy atom. The third-order valence-electron chi connectivity index (χ3n) is 5.31. The zero-order chi connectivity index (χ0) is 22.6. The Morgan fingerprint density at radius 1 is 0.938 bits per heavy atom. The van der Waals surface area contributed by atoms with Crippen molar-refractivity contribution < 1.29 is 13.2 Å². The van der Waals surface area contributed by atoms with Crippen molar-refractivity contribution in [1.29, 1.82) is 0 Å². The second-order valence-corrected chi connectivity index (χ2v) is 9.15. The lowest BCUT2D eigenvalue weighted by Gasteiger charge is -2.11. The molecule has 0 aliphatic rings. The second kappa shape index (κ2) is 9.44. The molecule has 1 N–H and O–H groups in total. The molecule has 3 aromatic carbocycles. The van der Waals surface area contributed by atoms with Crippen LogP contribution in [-0.4, -0.2) is 24.6 Å². The Hall–Kier alpha value is -3.32. The number of ether oxygens (including phenoxy) is 1. The van der Waals surface area contributed by atoms with Crippen molar-refractivity contribution in [2.45, 2.75) is 38.1 Å². The fourth-order valence-corrected chi connectivity index (χ4v) is 4.86. The smallest absolute Gasteiger partial charge is 0.261 e. The van der Waals surface area contributed by atoms with Crippen LogP contribution in [0.3, 0.4) is 0 Å². The molecule has 0 spiro atoms. The number of nitrogens with one attached hydrogen (secondary N) is 1. The summed E-state index contributed by atoms with van der Waals surface area (Å²) in [5.41, 5.74) is 3.73. The molecule has 0 atom stereocenters. The number of hydrogen-bond donors (Lipinski definition) is 1. The Bertz CT molecular complexity index is 1310. The molecule has 6 nitrogen and oxygen atoms in total. The molecule has 1 heterocycles. The fraction of sp³-hybridized carbons (Fsp3) is 0.240. The van der Waals surface area contributed by atoms with Crippen molar-refractivity contribution in [3.05, 3.63) is 84.2 Å². The summed E-state index contributed by atoms with van der Waals surface area (Å²) < 4.78 is 35.9. The van der Waals surface area contributed by atoms with Gasteiger partial charge in [0.05, 0.1) is 22.5 Å². The van der Waals surface area contributed by atoms with Gasteiger partial charge >= 0.3 is 0 Å². The van der Waals surface area contributed by atoms with E-state index in [1.807, 2.05) is 43.3 Å². The number of sulfonamides is 1. The standard InChI is InChI=1S/C25H27N3O3S/c1-3-28-24-11-6-5-10-23(24)26-25(28)17-12-19-8-7-9-20(18-19)27-32(29,30)22-15-13-21(14-16-22)31-4-2/h5-11,13-16,18,27H,3-4,12,17H2,1-2H3. The molecule has 4 aromatic rings. The maximum atomic E-state index is 12.8. The van der Waals surface area contributed by atoms with Crippen molar-refractivity contribution in [1.82, 2.24) is 9.55 Å². The van der Waals surface area contributed by atoms with Gasteiger partial charge in [0.15, 0.2) is 0 Å². The van der Waals surface area contributed by atoms with Gasteiger partial charge in [0, 0.05) is 18.7 Å². The van der Waals surface area contributed by atoms with Gasteiger partial charge < -0.3 is 9.30 Å². The number of imidazole rings is 1. The van der Waals surface area contributed by atoms with Gasteiger partial charge in [0.25, 0.3) is 10.0 Å². The van der Waals surface area contributed by atoms with Crippen molar-refractivity contribution in [2.75, 3.05) is 11.3 Å². The van der Waals surface area contributed by atoms with Gasteiger partial charge in [-0.3, -0.25) is 4.72 Å². The van der Waals surface area contributed by atoms with E-state index in [1.54, 1.807) is 30.3 Å². The third kappa shape index (κ3) is 4.78. The summed E-state index contributed by atoms with van der Waals surface area (Å²) in [5.74, 6) is 1.68. The lowest BCUT2D eigenvalue weighted by Crippen LogP contribution is -2.13. The molecule has 7 heteroatoms. The first-order chi connectivity index (χ1) is 15.5. The van der Waals surface area contributed by atoms with E-state index < -0.39 is 10.0 Å². The maximum absolute atomic E-state index is 12.8. The largest absolute Gasteiger partial charge is 0.494 e. The average Bonchev–Trinajstić information content (AvgIpc) is 3.16.